The summed E-state index contributed by atoms with van der Waals surface area (Å²) in [5.74, 6) is 0.000362. The fourth-order valence-electron chi connectivity index (χ4n) is 4.59. The van der Waals surface area contributed by atoms with E-state index in [0.717, 1.165) is 13.0 Å². The lowest BCUT2D eigenvalue weighted by molar-refractivity contribution is -0.139. The number of hydrogen-bond acceptors (Lipinski definition) is 3. The Balaban J connectivity index is 1.92. The summed E-state index contributed by atoms with van der Waals surface area (Å²) in [7, 11) is 0. The van der Waals surface area contributed by atoms with E-state index >= 15 is 0 Å². The average molecular weight is 404 g/mol. The van der Waals surface area contributed by atoms with Crippen molar-refractivity contribution in [1.82, 2.24) is 4.90 Å². The Labute approximate surface area is 181 Å². The van der Waals surface area contributed by atoms with Gasteiger partial charge in [0.2, 0.25) is 0 Å². The van der Waals surface area contributed by atoms with E-state index in [0.29, 0.717) is 24.1 Å². The maximum atomic E-state index is 11.7. The first-order valence-corrected chi connectivity index (χ1v) is 10.7. The van der Waals surface area contributed by atoms with Crippen LogP contribution in [0, 0.1) is 13.8 Å². The fourth-order valence-corrected chi connectivity index (χ4v) is 4.59. The molecular weight excluding hydrogens is 370 g/mol. The number of allylic oxidation sites excluding steroid dienone is 1. The Kier molecular flexibility index (Phi) is 6.81. The number of carbonyl (C=O) groups excluding carboxylic acids is 1. The predicted molar refractivity (Wildman–Crippen MR) is 124 cm³/mol. The van der Waals surface area contributed by atoms with Gasteiger partial charge in [0.1, 0.15) is 0 Å². The van der Waals surface area contributed by atoms with E-state index in [-0.39, 0.29) is 5.97 Å². The standard InChI is InChI=1S/C27H33NO2/c1-18(2)27(29)30-17-11-16-28-21(5)25(23-14-9-7-12-19(23)3)26(22(28)6)24-15-10-8-13-20(24)4/h7-10,12-15,21,25H,1,11,16-17H2,2-6H3. The molecule has 2 atom stereocenters. The molecule has 0 amide bonds. The van der Waals surface area contributed by atoms with Crippen molar-refractivity contribution in [3.8, 4) is 0 Å². The lowest BCUT2D eigenvalue weighted by Crippen LogP contribution is -2.32. The molecule has 158 valence electrons. The van der Waals surface area contributed by atoms with E-state index in [1.807, 2.05) is 0 Å². The van der Waals surface area contributed by atoms with Crippen molar-refractivity contribution in [3.63, 3.8) is 0 Å². The summed E-state index contributed by atoms with van der Waals surface area (Å²) in [5, 5.41) is 0. The van der Waals surface area contributed by atoms with Crippen LogP contribution < -0.4 is 0 Å². The Hall–Kier alpha value is -2.81. The predicted octanol–water partition coefficient (Wildman–Crippen LogP) is 6.03. The van der Waals surface area contributed by atoms with Crippen LogP contribution in [0.15, 0.2) is 66.4 Å². The van der Waals surface area contributed by atoms with Gasteiger partial charge in [0, 0.05) is 29.8 Å². The number of carbonyl (C=O) groups is 1. The summed E-state index contributed by atoms with van der Waals surface area (Å²) in [6, 6.07) is 17.7. The number of benzene rings is 2. The quantitative estimate of drug-likeness (QED) is 0.321. The highest BCUT2D eigenvalue weighted by molar-refractivity contribution is 5.86. The van der Waals surface area contributed by atoms with E-state index in [1.54, 1.807) is 6.92 Å². The molecule has 0 spiro atoms. The Morgan fingerprint density at radius 1 is 1.03 bits per heavy atom. The van der Waals surface area contributed by atoms with Crippen molar-refractivity contribution in [3.05, 3.63) is 88.6 Å². The van der Waals surface area contributed by atoms with Gasteiger partial charge in [-0.05, 0) is 68.9 Å². The first-order valence-electron chi connectivity index (χ1n) is 10.7. The zero-order chi connectivity index (χ0) is 21.8. The second-order valence-electron chi connectivity index (χ2n) is 8.35. The summed E-state index contributed by atoms with van der Waals surface area (Å²) >= 11 is 0. The topological polar surface area (TPSA) is 29.5 Å². The highest BCUT2D eigenvalue weighted by Gasteiger charge is 2.38. The fraction of sp³-hybridized carbons (Fsp3) is 0.370. The van der Waals surface area contributed by atoms with Gasteiger partial charge in [-0.25, -0.2) is 4.79 Å². The first kappa shape index (κ1) is 21.9. The molecule has 0 aromatic heterocycles. The molecule has 3 nitrogen and oxygen atoms in total. The second-order valence-corrected chi connectivity index (χ2v) is 8.35. The minimum atomic E-state index is -0.310. The smallest absolute Gasteiger partial charge is 0.333 e. The van der Waals surface area contributed by atoms with Crippen molar-refractivity contribution in [2.45, 2.75) is 53.0 Å². The molecule has 3 rings (SSSR count). The normalized spacial score (nSPS) is 18.6. The van der Waals surface area contributed by atoms with Crippen LogP contribution in [0.1, 0.15) is 55.4 Å². The molecular formula is C27H33NO2. The average Bonchev–Trinajstić information content (AvgIpc) is 2.96. The largest absolute Gasteiger partial charge is 0.462 e. The van der Waals surface area contributed by atoms with Crippen LogP contribution in [0.25, 0.3) is 5.57 Å². The van der Waals surface area contributed by atoms with Crippen LogP contribution in [0.3, 0.4) is 0 Å². The molecule has 1 aliphatic rings. The Bertz CT molecular complexity index is 972. The van der Waals surface area contributed by atoms with Gasteiger partial charge in [-0.1, -0.05) is 55.1 Å². The summed E-state index contributed by atoms with van der Waals surface area (Å²) in [6.07, 6.45) is 0.794. The molecule has 0 bridgehead atoms. The monoisotopic (exact) mass is 403 g/mol. The third-order valence-electron chi connectivity index (χ3n) is 6.19. The number of ether oxygens (including phenoxy) is 1. The highest BCUT2D eigenvalue weighted by Crippen LogP contribution is 2.47. The van der Waals surface area contributed by atoms with Crippen molar-refractivity contribution < 1.29 is 9.53 Å². The molecule has 0 aliphatic carbocycles. The van der Waals surface area contributed by atoms with E-state index in [2.05, 4.69) is 87.7 Å². The van der Waals surface area contributed by atoms with Crippen LogP contribution in [0.2, 0.25) is 0 Å². The van der Waals surface area contributed by atoms with Gasteiger partial charge in [-0.2, -0.15) is 0 Å². The molecule has 30 heavy (non-hydrogen) atoms. The third-order valence-corrected chi connectivity index (χ3v) is 6.19. The molecule has 1 heterocycles. The van der Waals surface area contributed by atoms with E-state index in [9.17, 15) is 4.79 Å². The van der Waals surface area contributed by atoms with Crippen LogP contribution in [-0.4, -0.2) is 30.1 Å². The Morgan fingerprint density at radius 3 is 2.30 bits per heavy atom. The van der Waals surface area contributed by atoms with Gasteiger partial charge in [-0.15, -0.1) is 0 Å². The molecule has 1 aliphatic heterocycles. The molecule has 0 radical (unpaired) electrons. The van der Waals surface area contributed by atoms with Gasteiger partial charge in [0.15, 0.2) is 0 Å². The highest BCUT2D eigenvalue weighted by atomic mass is 16.5. The molecule has 2 aromatic carbocycles. The maximum absolute atomic E-state index is 11.7. The van der Waals surface area contributed by atoms with Gasteiger partial charge < -0.3 is 9.64 Å². The summed E-state index contributed by atoms with van der Waals surface area (Å²) in [4.78, 5) is 14.2. The van der Waals surface area contributed by atoms with Crippen LogP contribution in [-0.2, 0) is 9.53 Å². The number of hydrogen-bond donors (Lipinski definition) is 0. The molecule has 2 aromatic rings. The summed E-state index contributed by atoms with van der Waals surface area (Å²) in [6.45, 7) is 15.5. The van der Waals surface area contributed by atoms with Crippen molar-refractivity contribution in [1.29, 1.82) is 0 Å². The van der Waals surface area contributed by atoms with Crippen LogP contribution in [0.4, 0.5) is 0 Å². The number of nitrogens with zero attached hydrogens (tertiary/aromatic N) is 1. The minimum Gasteiger partial charge on any atom is -0.462 e. The second kappa shape index (κ2) is 9.34. The number of esters is 1. The zero-order valence-corrected chi connectivity index (χ0v) is 18.9. The molecule has 0 saturated carbocycles. The van der Waals surface area contributed by atoms with Crippen LogP contribution in [0.5, 0.6) is 0 Å². The van der Waals surface area contributed by atoms with Gasteiger partial charge in [-0.3, -0.25) is 0 Å². The number of rotatable bonds is 7. The lowest BCUT2D eigenvalue weighted by atomic mass is 9.81. The van der Waals surface area contributed by atoms with Gasteiger partial charge in [0.05, 0.1) is 6.61 Å². The van der Waals surface area contributed by atoms with Gasteiger partial charge in [0.25, 0.3) is 0 Å². The molecule has 0 N–H and O–H groups in total. The maximum Gasteiger partial charge on any atom is 0.333 e. The zero-order valence-electron chi connectivity index (χ0n) is 18.9. The number of aryl methyl sites for hydroxylation is 2. The molecule has 2 unspecified atom stereocenters. The summed E-state index contributed by atoms with van der Waals surface area (Å²) in [5.41, 5.74) is 8.51. The molecule has 0 saturated heterocycles. The third kappa shape index (κ3) is 4.35. The van der Waals surface area contributed by atoms with Crippen molar-refractivity contribution in [2.75, 3.05) is 13.2 Å². The minimum absolute atomic E-state index is 0.310. The molecule has 3 heteroatoms. The van der Waals surface area contributed by atoms with Gasteiger partial charge >= 0.3 is 5.97 Å². The first-order chi connectivity index (χ1) is 14.3. The van der Waals surface area contributed by atoms with Crippen LogP contribution >= 0.6 is 0 Å². The summed E-state index contributed by atoms with van der Waals surface area (Å²) < 4.78 is 5.31. The van der Waals surface area contributed by atoms with E-state index in [4.69, 9.17) is 4.74 Å². The van der Waals surface area contributed by atoms with E-state index < -0.39 is 0 Å². The SMILES string of the molecule is C=C(C)C(=O)OCCCN1C(C)=C(c2ccccc2C)C(c2ccccc2C)C1C. The lowest BCUT2D eigenvalue weighted by Gasteiger charge is -2.30. The Morgan fingerprint density at radius 2 is 1.67 bits per heavy atom. The molecule has 0 fully saturated rings. The van der Waals surface area contributed by atoms with Crippen molar-refractivity contribution in [2.24, 2.45) is 0 Å². The van der Waals surface area contributed by atoms with Crippen molar-refractivity contribution >= 4 is 11.5 Å². The van der Waals surface area contributed by atoms with E-state index in [1.165, 1.54) is 33.5 Å².